The van der Waals surface area contributed by atoms with Crippen molar-refractivity contribution in [2.75, 3.05) is 50.7 Å². The fraction of sp³-hybridized carbons (Fsp3) is 0.368. The molecular formula is C19H25N5O5S. The zero-order valence-corrected chi connectivity index (χ0v) is 17.7. The van der Waals surface area contributed by atoms with Crippen LogP contribution in [0.5, 0.6) is 0 Å². The number of hydrogen-bond acceptors (Lipinski definition) is 7. The molecule has 0 aliphatic carbocycles. The summed E-state index contributed by atoms with van der Waals surface area (Å²) in [5.41, 5.74) is 1.37. The molecule has 0 radical (unpaired) electrons. The number of carbonyl (C=O) groups excluding carboxylic acids is 1. The van der Waals surface area contributed by atoms with Crippen LogP contribution in [-0.2, 0) is 26.1 Å². The maximum absolute atomic E-state index is 12.3. The Balaban J connectivity index is 1.59. The molecule has 162 valence electrons. The summed E-state index contributed by atoms with van der Waals surface area (Å²) in [5.74, 6) is 0.831. The number of anilines is 2. The Bertz CT molecular complexity index is 962. The Labute approximate surface area is 175 Å². The van der Waals surface area contributed by atoms with Crippen LogP contribution in [0.25, 0.3) is 0 Å². The predicted octanol–water partition coefficient (Wildman–Crippen LogP) is 1.42. The van der Waals surface area contributed by atoms with Crippen LogP contribution in [0.4, 0.5) is 16.3 Å². The van der Waals surface area contributed by atoms with E-state index in [4.69, 9.17) is 9.57 Å². The van der Waals surface area contributed by atoms with Crippen molar-refractivity contribution in [1.29, 1.82) is 0 Å². The molecule has 3 rings (SSSR count). The van der Waals surface area contributed by atoms with Crippen LogP contribution >= 0.6 is 0 Å². The van der Waals surface area contributed by atoms with Gasteiger partial charge < -0.3 is 20.3 Å². The Kier molecular flexibility index (Phi) is 7.21. The molecule has 30 heavy (non-hydrogen) atoms. The zero-order chi connectivity index (χ0) is 21.6. The van der Waals surface area contributed by atoms with Crippen molar-refractivity contribution < 1.29 is 22.8 Å². The van der Waals surface area contributed by atoms with Gasteiger partial charge in [0.2, 0.25) is 0 Å². The van der Waals surface area contributed by atoms with Crippen LogP contribution in [0.15, 0.2) is 47.5 Å². The molecule has 1 aliphatic rings. The van der Waals surface area contributed by atoms with E-state index in [2.05, 4.69) is 20.5 Å². The number of hydroxylamine groups is 1. The van der Waals surface area contributed by atoms with Gasteiger partial charge in [0.15, 0.2) is 0 Å². The molecule has 1 fully saturated rings. The lowest BCUT2D eigenvalue weighted by Crippen LogP contribution is -2.38. The molecule has 11 heteroatoms. The van der Waals surface area contributed by atoms with Gasteiger partial charge in [0, 0.05) is 44.1 Å². The summed E-state index contributed by atoms with van der Waals surface area (Å²) >= 11 is 0. The SMILES string of the molecule is CON(C)S(=O)(=O)c1ccc(NC(=O)NCc2cccnc2N2CCOCC2)cc1. The van der Waals surface area contributed by atoms with Crippen molar-refractivity contribution in [2.45, 2.75) is 11.4 Å². The molecule has 1 aromatic heterocycles. The molecule has 2 heterocycles. The predicted molar refractivity (Wildman–Crippen MR) is 112 cm³/mol. The van der Waals surface area contributed by atoms with E-state index in [1.165, 1.54) is 38.4 Å². The zero-order valence-electron chi connectivity index (χ0n) is 16.9. The highest BCUT2D eigenvalue weighted by atomic mass is 32.2. The normalized spacial score (nSPS) is 14.6. The maximum atomic E-state index is 12.3. The molecule has 0 bridgehead atoms. The topological polar surface area (TPSA) is 113 Å². The number of ether oxygens (including phenoxy) is 1. The first kappa shape index (κ1) is 22.0. The molecule has 2 aromatic rings. The van der Waals surface area contributed by atoms with Gasteiger partial charge in [0.1, 0.15) is 5.82 Å². The lowest BCUT2D eigenvalue weighted by molar-refractivity contribution is -0.0258. The van der Waals surface area contributed by atoms with E-state index in [1.54, 1.807) is 6.20 Å². The first-order chi connectivity index (χ1) is 14.4. The molecule has 2 amide bonds. The summed E-state index contributed by atoms with van der Waals surface area (Å²) in [6.45, 7) is 3.11. The first-order valence-corrected chi connectivity index (χ1v) is 10.8. The molecular weight excluding hydrogens is 410 g/mol. The summed E-state index contributed by atoms with van der Waals surface area (Å²) in [6, 6.07) is 9.17. The van der Waals surface area contributed by atoms with Crippen molar-refractivity contribution >= 4 is 27.6 Å². The van der Waals surface area contributed by atoms with Crippen molar-refractivity contribution in [2.24, 2.45) is 0 Å². The quantitative estimate of drug-likeness (QED) is 0.633. The van der Waals surface area contributed by atoms with Gasteiger partial charge in [-0.1, -0.05) is 10.5 Å². The third-order valence-corrected chi connectivity index (χ3v) is 6.32. The van der Waals surface area contributed by atoms with E-state index in [-0.39, 0.29) is 4.90 Å². The van der Waals surface area contributed by atoms with E-state index >= 15 is 0 Å². The minimum Gasteiger partial charge on any atom is -0.378 e. The van der Waals surface area contributed by atoms with Crippen molar-refractivity contribution in [1.82, 2.24) is 14.8 Å². The highest BCUT2D eigenvalue weighted by Crippen LogP contribution is 2.19. The molecule has 10 nitrogen and oxygen atoms in total. The van der Waals surface area contributed by atoms with Gasteiger partial charge in [-0.3, -0.25) is 4.84 Å². The third kappa shape index (κ3) is 5.25. The Morgan fingerprint density at radius 2 is 1.93 bits per heavy atom. The fourth-order valence-electron chi connectivity index (χ4n) is 2.94. The van der Waals surface area contributed by atoms with Gasteiger partial charge in [-0.25, -0.2) is 18.2 Å². The smallest absolute Gasteiger partial charge is 0.319 e. The fourth-order valence-corrected chi connectivity index (χ4v) is 3.91. The van der Waals surface area contributed by atoms with Gasteiger partial charge in [-0.15, -0.1) is 0 Å². The number of morpholine rings is 1. The van der Waals surface area contributed by atoms with Crippen LogP contribution in [0.1, 0.15) is 5.56 Å². The standard InChI is InChI=1S/C19H25N5O5S/c1-23(28-2)30(26,27)17-7-5-16(6-8-17)22-19(25)21-14-15-4-3-9-20-18(15)24-10-12-29-13-11-24/h3-9H,10-14H2,1-2H3,(H2,21,22,25). The minimum atomic E-state index is -3.73. The van der Waals surface area contributed by atoms with E-state index < -0.39 is 16.1 Å². The van der Waals surface area contributed by atoms with E-state index in [0.29, 0.717) is 25.4 Å². The van der Waals surface area contributed by atoms with Crippen LogP contribution in [0.3, 0.4) is 0 Å². The lowest BCUT2D eigenvalue weighted by atomic mass is 10.2. The number of rotatable bonds is 7. The van der Waals surface area contributed by atoms with E-state index in [9.17, 15) is 13.2 Å². The number of nitrogens with zero attached hydrogens (tertiary/aromatic N) is 3. The molecule has 0 unspecified atom stereocenters. The number of hydrogen-bond donors (Lipinski definition) is 2. The second-order valence-electron chi connectivity index (χ2n) is 6.51. The molecule has 1 aliphatic heterocycles. The van der Waals surface area contributed by atoms with Crippen molar-refractivity contribution in [3.05, 3.63) is 48.2 Å². The van der Waals surface area contributed by atoms with E-state index in [1.807, 2.05) is 12.1 Å². The second-order valence-corrected chi connectivity index (χ2v) is 8.45. The van der Waals surface area contributed by atoms with Crippen LogP contribution in [-0.4, -0.2) is 64.4 Å². The highest BCUT2D eigenvalue weighted by molar-refractivity contribution is 7.89. The number of sulfonamides is 1. The largest absolute Gasteiger partial charge is 0.378 e. The summed E-state index contributed by atoms with van der Waals surface area (Å²) in [4.78, 5) is 23.7. The van der Waals surface area contributed by atoms with Gasteiger partial charge >= 0.3 is 6.03 Å². The third-order valence-electron chi connectivity index (χ3n) is 4.62. The van der Waals surface area contributed by atoms with Crippen molar-refractivity contribution in [3.63, 3.8) is 0 Å². The lowest BCUT2D eigenvalue weighted by Gasteiger charge is -2.29. The summed E-state index contributed by atoms with van der Waals surface area (Å²) in [7, 11) is -1.16. The van der Waals surface area contributed by atoms with Crippen LogP contribution < -0.4 is 15.5 Å². The maximum Gasteiger partial charge on any atom is 0.319 e. The van der Waals surface area contributed by atoms with Gasteiger partial charge in [0.05, 0.1) is 25.2 Å². The Morgan fingerprint density at radius 3 is 2.60 bits per heavy atom. The minimum absolute atomic E-state index is 0.0586. The number of pyridine rings is 1. The number of urea groups is 1. The van der Waals surface area contributed by atoms with Gasteiger partial charge in [0.25, 0.3) is 10.0 Å². The number of carbonyl (C=O) groups is 1. The summed E-state index contributed by atoms with van der Waals surface area (Å²) < 4.78 is 30.5. The molecule has 0 atom stereocenters. The van der Waals surface area contributed by atoms with Crippen LogP contribution in [0.2, 0.25) is 0 Å². The molecule has 0 spiro atoms. The number of aromatic nitrogens is 1. The Morgan fingerprint density at radius 1 is 1.23 bits per heavy atom. The monoisotopic (exact) mass is 435 g/mol. The Hall–Kier alpha value is -2.73. The van der Waals surface area contributed by atoms with Crippen molar-refractivity contribution in [3.8, 4) is 0 Å². The summed E-state index contributed by atoms with van der Waals surface area (Å²) in [5, 5.41) is 5.49. The average molecular weight is 436 g/mol. The number of benzene rings is 1. The highest BCUT2D eigenvalue weighted by Gasteiger charge is 2.20. The van der Waals surface area contributed by atoms with Gasteiger partial charge in [-0.2, -0.15) is 0 Å². The molecule has 1 saturated heterocycles. The second kappa shape index (κ2) is 9.85. The molecule has 1 aromatic carbocycles. The van der Waals surface area contributed by atoms with E-state index in [0.717, 1.165) is 28.9 Å². The van der Waals surface area contributed by atoms with Gasteiger partial charge in [-0.05, 0) is 30.3 Å². The summed E-state index contributed by atoms with van der Waals surface area (Å²) in [6.07, 6.45) is 1.73. The number of nitrogens with one attached hydrogen (secondary N) is 2. The number of amides is 2. The average Bonchev–Trinajstić information content (AvgIpc) is 2.78. The van der Waals surface area contributed by atoms with Crippen LogP contribution in [0, 0.1) is 0 Å². The first-order valence-electron chi connectivity index (χ1n) is 9.36. The molecule has 0 saturated carbocycles. The molecule has 2 N–H and O–H groups in total.